The number of carbonyl (C=O) groups excluding carboxylic acids is 1. The molecular formula is C24H23FN6O2. The van der Waals surface area contributed by atoms with E-state index in [-0.39, 0.29) is 5.91 Å². The Labute approximate surface area is 190 Å². The van der Waals surface area contributed by atoms with Crippen molar-refractivity contribution >= 4 is 22.6 Å². The van der Waals surface area contributed by atoms with Crippen LogP contribution in [0.3, 0.4) is 0 Å². The predicted octanol–water partition coefficient (Wildman–Crippen LogP) is 3.50. The van der Waals surface area contributed by atoms with Crippen molar-refractivity contribution < 1.29 is 13.9 Å². The van der Waals surface area contributed by atoms with Crippen molar-refractivity contribution in [3.05, 3.63) is 54.7 Å². The molecule has 33 heavy (non-hydrogen) atoms. The lowest BCUT2D eigenvalue weighted by Crippen LogP contribution is -2.48. The normalized spacial score (nSPS) is 14.0. The smallest absolute Gasteiger partial charge is 0.224 e. The Kier molecular flexibility index (Phi) is 5.37. The van der Waals surface area contributed by atoms with Gasteiger partial charge in [0.25, 0.3) is 0 Å². The number of aromatic amines is 1. The van der Waals surface area contributed by atoms with Gasteiger partial charge in [0.15, 0.2) is 0 Å². The number of nitrogens with one attached hydrogen (secondary N) is 1. The van der Waals surface area contributed by atoms with Crippen LogP contribution in [0.25, 0.3) is 33.3 Å². The van der Waals surface area contributed by atoms with E-state index in [9.17, 15) is 9.18 Å². The highest BCUT2D eigenvalue weighted by Crippen LogP contribution is 2.36. The number of H-pyrrole nitrogens is 1. The molecule has 5 rings (SSSR count). The van der Waals surface area contributed by atoms with E-state index in [1.807, 2.05) is 35.2 Å². The Morgan fingerprint density at radius 3 is 2.58 bits per heavy atom. The number of anilines is 1. The van der Waals surface area contributed by atoms with E-state index in [1.165, 1.54) is 13.3 Å². The summed E-state index contributed by atoms with van der Waals surface area (Å²) in [5.41, 5.74) is 3.46. The Morgan fingerprint density at radius 2 is 1.82 bits per heavy atom. The summed E-state index contributed by atoms with van der Waals surface area (Å²) < 4.78 is 19.9. The zero-order valence-corrected chi connectivity index (χ0v) is 18.4. The number of benzene rings is 1. The molecule has 0 radical (unpaired) electrons. The lowest BCUT2D eigenvalue weighted by Gasteiger charge is -2.35. The summed E-state index contributed by atoms with van der Waals surface area (Å²) in [6.07, 6.45) is 3.14. The number of methoxy groups -OCH3 is 1. The molecule has 0 bridgehead atoms. The highest BCUT2D eigenvalue weighted by atomic mass is 19.1. The molecule has 0 atom stereocenters. The third-order valence-corrected chi connectivity index (χ3v) is 6.01. The molecule has 0 saturated carbocycles. The summed E-state index contributed by atoms with van der Waals surface area (Å²) in [7, 11) is 1.51. The van der Waals surface area contributed by atoms with E-state index >= 15 is 0 Å². The number of halogens is 1. The number of carbonyl (C=O) groups is 1. The minimum Gasteiger partial charge on any atom is -0.496 e. The summed E-state index contributed by atoms with van der Waals surface area (Å²) in [5, 5.41) is 8.44. The first kappa shape index (κ1) is 20.9. The summed E-state index contributed by atoms with van der Waals surface area (Å²) in [6.45, 7) is 4.39. The van der Waals surface area contributed by atoms with Crippen LogP contribution < -0.4 is 9.64 Å². The number of hydrogen-bond donors (Lipinski definition) is 1. The average Bonchev–Trinajstić information content (AvgIpc) is 3.27. The van der Waals surface area contributed by atoms with E-state index in [4.69, 9.17) is 4.74 Å². The highest BCUT2D eigenvalue weighted by Gasteiger charge is 2.21. The molecule has 1 N–H and O–H groups in total. The van der Waals surface area contributed by atoms with Gasteiger partial charge in [-0.25, -0.2) is 9.97 Å². The Balaban J connectivity index is 1.51. The third-order valence-electron chi connectivity index (χ3n) is 6.01. The number of nitrogens with zero attached hydrogens (tertiary/aromatic N) is 5. The molecule has 9 heteroatoms. The molecule has 1 fully saturated rings. The molecule has 4 heterocycles. The molecule has 168 valence electrons. The second kappa shape index (κ2) is 8.50. The number of fused-ring (bicyclic) bond motifs is 1. The van der Waals surface area contributed by atoms with E-state index < -0.39 is 5.95 Å². The Hall–Kier alpha value is -4.01. The summed E-state index contributed by atoms with van der Waals surface area (Å²) >= 11 is 0. The first-order chi connectivity index (χ1) is 16.0. The van der Waals surface area contributed by atoms with Crippen LogP contribution in [0.5, 0.6) is 5.75 Å². The SMILES string of the molecule is COc1ccnc(F)c1-c1ccc2[nH]nc(-c3ccnc(N4CCN(C(C)=O)CC4)c3)c2c1. The number of pyridine rings is 2. The predicted molar refractivity (Wildman–Crippen MR) is 124 cm³/mol. The van der Waals surface area contributed by atoms with Gasteiger partial charge < -0.3 is 14.5 Å². The molecule has 1 aliphatic rings. The number of piperazine rings is 1. The lowest BCUT2D eigenvalue weighted by atomic mass is 10.0. The van der Waals surface area contributed by atoms with Crippen molar-refractivity contribution in [2.45, 2.75) is 6.92 Å². The van der Waals surface area contributed by atoms with Gasteiger partial charge in [0.1, 0.15) is 17.3 Å². The number of amides is 1. The maximum absolute atomic E-state index is 14.6. The van der Waals surface area contributed by atoms with Crippen LogP contribution in [0.4, 0.5) is 10.2 Å². The van der Waals surface area contributed by atoms with Gasteiger partial charge in [0.2, 0.25) is 11.9 Å². The molecule has 0 unspecified atom stereocenters. The van der Waals surface area contributed by atoms with Gasteiger partial charge in [-0.05, 0) is 35.9 Å². The van der Waals surface area contributed by atoms with Crippen molar-refractivity contribution in [1.29, 1.82) is 0 Å². The minimum absolute atomic E-state index is 0.0943. The Morgan fingerprint density at radius 1 is 1.03 bits per heavy atom. The summed E-state index contributed by atoms with van der Waals surface area (Å²) in [5.74, 6) is 0.761. The van der Waals surface area contributed by atoms with Crippen LogP contribution in [0.15, 0.2) is 48.8 Å². The second-order valence-corrected chi connectivity index (χ2v) is 7.91. The van der Waals surface area contributed by atoms with Crippen LogP contribution >= 0.6 is 0 Å². The maximum atomic E-state index is 14.6. The molecule has 3 aromatic heterocycles. The summed E-state index contributed by atoms with van der Waals surface area (Å²) in [4.78, 5) is 23.9. The second-order valence-electron chi connectivity index (χ2n) is 7.91. The van der Waals surface area contributed by atoms with Crippen LogP contribution in [-0.2, 0) is 4.79 Å². The first-order valence-electron chi connectivity index (χ1n) is 10.7. The number of hydrogen-bond acceptors (Lipinski definition) is 6. The van der Waals surface area contributed by atoms with Gasteiger partial charge in [0, 0.05) is 56.4 Å². The first-order valence-corrected chi connectivity index (χ1v) is 10.7. The third kappa shape index (κ3) is 3.86. The van der Waals surface area contributed by atoms with Crippen LogP contribution in [0, 0.1) is 5.95 Å². The maximum Gasteiger partial charge on any atom is 0.224 e. The number of aromatic nitrogens is 4. The van der Waals surface area contributed by atoms with Crippen molar-refractivity contribution in [3.63, 3.8) is 0 Å². The van der Waals surface area contributed by atoms with Crippen LogP contribution in [-0.4, -0.2) is 64.3 Å². The van der Waals surface area contributed by atoms with Gasteiger partial charge in [0.05, 0.1) is 18.2 Å². The van der Waals surface area contributed by atoms with E-state index in [0.717, 1.165) is 41.1 Å². The fraction of sp³-hybridized carbons (Fsp3) is 0.250. The Bertz CT molecular complexity index is 1330. The van der Waals surface area contributed by atoms with Crippen molar-refractivity contribution in [1.82, 2.24) is 25.1 Å². The molecule has 0 aliphatic carbocycles. The zero-order valence-electron chi connectivity index (χ0n) is 18.4. The van der Waals surface area contributed by atoms with Crippen LogP contribution in [0.2, 0.25) is 0 Å². The zero-order chi connectivity index (χ0) is 22.9. The van der Waals surface area contributed by atoms with Gasteiger partial charge in [-0.1, -0.05) is 6.07 Å². The van der Waals surface area contributed by atoms with Gasteiger partial charge >= 0.3 is 0 Å². The number of ether oxygens (including phenoxy) is 1. The molecule has 8 nitrogen and oxygen atoms in total. The largest absolute Gasteiger partial charge is 0.496 e. The topological polar surface area (TPSA) is 87.2 Å². The van der Waals surface area contributed by atoms with Gasteiger partial charge in [-0.15, -0.1) is 0 Å². The van der Waals surface area contributed by atoms with E-state index in [1.54, 1.807) is 19.2 Å². The van der Waals surface area contributed by atoms with Crippen molar-refractivity contribution in [3.8, 4) is 28.1 Å². The quantitative estimate of drug-likeness (QED) is 0.483. The molecule has 1 aromatic carbocycles. The fourth-order valence-corrected chi connectivity index (χ4v) is 4.23. The van der Waals surface area contributed by atoms with E-state index in [0.29, 0.717) is 30.0 Å². The molecule has 1 aliphatic heterocycles. The molecule has 1 saturated heterocycles. The number of rotatable bonds is 4. The average molecular weight is 446 g/mol. The fourth-order valence-electron chi connectivity index (χ4n) is 4.23. The molecule has 1 amide bonds. The van der Waals surface area contributed by atoms with Crippen LogP contribution in [0.1, 0.15) is 6.92 Å². The lowest BCUT2D eigenvalue weighted by molar-refractivity contribution is -0.129. The van der Waals surface area contributed by atoms with E-state index in [2.05, 4.69) is 25.1 Å². The summed E-state index contributed by atoms with van der Waals surface area (Å²) in [6, 6.07) is 11.1. The molecule has 0 spiro atoms. The monoisotopic (exact) mass is 446 g/mol. The van der Waals surface area contributed by atoms with Crippen molar-refractivity contribution in [2.24, 2.45) is 0 Å². The van der Waals surface area contributed by atoms with Gasteiger partial charge in [-0.3, -0.25) is 9.89 Å². The van der Waals surface area contributed by atoms with Gasteiger partial charge in [-0.2, -0.15) is 9.49 Å². The molecular weight excluding hydrogens is 423 g/mol. The van der Waals surface area contributed by atoms with Crippen molar-refractivity contribution in [2.75, 3.05) is 38.2 Å². The standard InChI is InChI=1S/C24H23FN6O2/c1-15(32)30-9-11-31(12-10-30)21-14-17(5-7-26-21)23-18-13-16(3-4-19(18)28-29-23)22-20(33-2)6-8-27-24(22)25/h3-8,13-14H,9-12H2,1-2H3,(H,28,29). The minimum atomic E-state index is -0.588. The highest BCUT2D eigenvalue weighted by molar-refractivity contribution is 5.96. The molecule has 4 aromatic rings.